The summed E-state index contributed by atoms with van der Waals surface area (Å²) in [4.78, 5) is 49.9. The third-order valence-corrected chi connectivity index (χ3v) is 6.87. The number of alkyl carbamates (subject to hydrolysis) is 1. The van der Waals surface area contributed by atoms with Crippen molar-refractivity contribution in [2.45, 2.75) is 83.6 Å². The molecule has 4 amide bonds. The van der Waals surface area contributed by atoms with Crippen molar-refractivity contribution in [3.05, 3.63) is 71.5 Å². The van der Waals surface area contributed by atoms with Gasteiger partial charge in [0.25, 0.3) is 5.91 Å². The summed E-state index contributed by atoms with van der Waals surface area (Å²) in [6, 6.07) is 12.5. The Labute approximate surface area is 262 Å². The molecule has 0 radical (unpaired) electrons. The average molecular weight is 634 g/mol. The fourth-order valence-electron chi connectivity index (χ4n) is 3.78. The zero-order valence-electron chi connectivity index (χ0n) is 25.6. The second kappa shape index (κ2) is 18.2. The largest absolute Gasteiger partial charge is 0.444 e. The molecule has 0 saturated carbocycles. The molecule has 2 aromatic rings. The topological polar surface area (TPSA) is 181 Å². The van der Waals surface area contributed by atoms with Crippen LogP contribution < -0.4 is 32.2 Å². The van der Waals surface area contributed by atoms with Crippen molar-refractivity contribution in [2.75, 3.05) is 6.54 Å². The van der Waals surface area contributed by atoms with E-state index in [0.717, 1.165) is 17.7 Å². The van der Waals surface area contributed by atoms with Crippen LogP contribution in [0.2, 0.25) is 0 Å². The van der Waals surface area contributed by atoms with Crippen LogP contribution in [0.5, 0.6) is 0 Å². The van der Waals surface area contributed by atoms with E-state index in [4.69, 9.17) is 16.2 Å². The Morgan fingerprint density at radius 3 is 2.20 bits per heavy atom. The summed E-state index contributed by atoms with van der Waals surface area (Å²) in [6.45, 7) is 7.34. The molecule has 0 aliphatic carbocycles. The molecule has 2 rings (SSSR count). The van der Waals surface area contributed by atoms with E-state index in [0.29, 0.717) is 24.9 Å². The van der Waals surface area contributed by atoms with E-state index < -0.39 is 53.4 Å². The number of nitrogens with one attached hydrogen (secondary N) is 4. The number of hydrogen-bond donors (Lipinski definition) is 6. The Morgan fingerprint density at radius 2 is 1.61 bits per heavy atom. The zero-order valence-corrected chi connectivity index (χ0v) is 26.4. The van der Waals surface area contributed by atoms with Crippen molar-refractivity contribution in [1.82, 2.24) is 25.2 Å². The molecule has 12 nitrogen and oxygen atoms in total. The lowest BCUT2D eigenvalue weighted by atomic mass is 10.0. The van der Waals surface area contributed by atoms with E-state index in [2.05, 4.69) is 20.8 Å². The van der Waals surface area contributed by atoms with E-state index in [1.807, 2.05) is 30.3 Å². The van der Waals surface area contributed by atoms with Gasteiger partial charge in [0.15, 0.2) is 0 Å². The van der Waals surface area contributed by atoms with Gasteiger partial charge in [-0.05, 0) is 76.6 Å². The standard InChI is InChI=1S/C30H44FN7O5S/c1-20(32)27(40)36-38(19-22-13-15-23(31)16-14-22)44-37-25(18-21-10-6-5-7-11-21)28(41)35-24(26(33)39)12-8-9-17-34-29(42)43-30(2,3)4/h5-7,10-11,13-16,20,24-25,37H,8-9,12,17-19,32H2,1-4H3,(H2,33,39)(H,34,42)(H,35,41)(H,36,40)/t20-,24-,25+/m0/s1. The van der Waals surface area contributed by atoms with Gasteiger partial charge in [0.1, 0.15) is 23.5 Å². The van der Waals surface area contributed by atoms with Gasteiger partial charge >= 0.3 is 6.09 Å². The number of halogens is 1. The highest BCUT2D eigenvalue weighted by atomic mass is 32.2. The van der Waals surface area contributed by atoms with E-state index in [1.54, 1.807) is 32.9 Å². The highest BCUT2D eigenvalue weighted by molar-refractivity contribution is 7.95. The maximum absolute atomic E-state index is 13.5. The van der Waals surface area contributed by atoms with Crippen LogP contribution in [0, 0.1) is 5.82 Å². The molecular formula is C30H44FN7O5S. The number of amides is 4. The molecular weight excluding hydrogens is 589 g/mol. The summed E-state index contributed by atoms with van der Waals surface area (Å²) in [5.74, 6) is -2.02. The molecule has 2 aromatic carbocycles. The van der Waals surface area contributed by atoms with Gasteiger partial charge in [-0.25, -0.2) is 13.9 Å². The number of hydrazine groups is 1. The normalized spacial score (nSPS) is 13.4. The number of nitrogens with zero attached hydrogens (tertiary/aromatic N) is 1. The third kappa shape index (κ3) is 14.6. The molecule has 0 spiro atoms. The molecule has 0 saturated heterocycles. The van der Waals surface area contributed by atoms with Crippen LogP contribution in [0.3, 0.4) is 0 Å². The van der Waals surface area contributed by atoms with Gasteiger partial charge in [0, 0.05) is 18.7 Å². The van der Waals surface area contributed by atoms with Crippen LogP contribution in [0.4, 0.5) is 9.18 Å². The number of primary amides is 1. The SMILES string of the molecule is C[C@H](N)C(=O)NN(Cc1ccc(F)cc1)SN[C@H](Cc1ccccc1)C(=O)N[C@@H](CCCCNC(=O)OC(C)(C)C)C(N)=O. The Bertz CT molecular complexity index is 1210. The first-order chi connectivity index (χ1) is 20.7. The van der Waals surface area contributed by atoms with E-state index in [-0.39, 0.29) is 19.4 Å². The molecule has 3 atom stereocenters. The van der Waals surface area contributed by atoms with E-state index in [9.17, 15) is 23.6 Å². The summed E-state index contributed by atoms with van der Waals surface area (Å²) < 4.78 is 23.2. The first kappa shape index (κ1) is 36.5. The van der Waals surface area contributed by atoms with Crippen molar-refractivity contribution < 1.29 is 28.3 Å². The molecule has 0 unspecified atom stereocenters. The minimum Gasteiger partial charge on any atom is -0.444 e. The molecule has 0 aliphatic heterocycles. The van der Waals surface area contributed by atoms with Crippen LogP contribution in [0.25, 0.3) is 0 Å². The number of carbonyl (C=O) groups is 4. The number of unbranched alkanes of at least 4 members (excludes halogenated alkanes) is 1. The Morgan fingerprint density at radius 1 is 0.955 bits per heavy atom. The molecule has 0 heterocycles. The van der Waals surface area contributed by atoms with Crippen LogP contribution in [0.15, 0.2) is 54.6 Å². The van der Waals surface area contributed by atoms with Crippen molar-refractivity contribution in [2.24, 2.45) is 11.5 Å². The summed E-state index contributed by atoms with van der Waals surface area (Å²) >= 11 is 0.961. The Kier molecular flexibility index (Phi) is 15.1. The maximum atomic E-state index is 13.5. The second-order valence-electron chi connectivity index (χ2n) is 11.3. The smallest absolute Gasteiger partial charge is 0.407 e. The van der Waals surface area contributed by atoms with Crippen LogP contribution in [-0.4, -0.2) is 58.5 Å². The third-order valence-electron chi connectivity index (χ3n) is 6.04. The lowest BCUT2D eigenvalue weighted by molar-refractivity contribution is -0.128. The van der Waals surface area contributed by atoms with E-state index >= 15 is 0 Å². The van der Waals surface area contributed by atoms with E-state index in [1.165, 1.54) is 23.5 Å². The second-order valence-corrected chi connectivity index (χ2v) is 12.1. The summed E-state index contributed by atoms with van der Waals surface area (Å²) in [7, 11) is 0. The van der Waals surface area contributed by atoms with Crippen molar-refractivity contribution in [3.63, 3.8) is 0 Å². The summed E-state index contributed by atoms with van der Waals surface area (Å²) in [5, 5.41) is 5.40. The van der Waals surface area contributed by atoms with Gasteiger partial charge in [0.2, 0.25) is 11.8 Å². The van der Waals surface area contributed by atoms with Crippen LogP contribution >= 0.6 is 12.1 Å². The highest BCUT2D eigenvalue weighted by Crippen LogP contribution is 2.14. The highest BCUT2D eigenvalue weighted by Gasteiger charge is 2.26. The first-order valence-electron chi connectivity index (χ1n) is 14.3. The number of ether oxygens (including phenoxy) is 1. The molecule has 0 bridgehead atoms. The zero-order chi connectivity index (χ0) is 32.7. The monoisotopic (exact) mass is 633 g/mol. The van der Waals surface area contributed by atoms with Crippen molar-refractivity contribution in [3.8, 4) is 0 Å². The molecule has 0 aromatic heterocycles. The number of benzene rings is 2. The average Bonchev–Trinajstić information content (AvgIpc) is 2.94. The maximum Gasteiger partial charge on any atom is 0.407 e. The minimum atomic E-state index is -0.942. The van der Waals surface area contributed by atoms with Gasteiger partial charge < -0.3 is 26.8 Å². The first-order valence-corrected chi connectivity index (χ1v) is 15.1. The number of hydrogen-bond acceptors (Lipinski definition) is 9. The molecule has 242 valence electrons. The van der Waals surface area contributed by atoms with Crippen LogP contribution in [0.1, 0.15) is 58.1 Å². The molecule has 44 heavy (non-hydrogen) atoms. The quantitative estimate of drug-likeness (QED) is 0.0866. The number of rotatable bonds is 17. The molecule has 14 heteroatoms. The molecule has 0 aliphatic rings. The summed E-state index contributed by atoms with van der Waals surface area (Å²) in [6.07, 6.45) is 1.04. The lowest BCUT2D eigenvalue weighted by Crippen LogP contribution is -2.52. The Hall–Kier alpha value is -3.72. The van der Waals surface area contributed by atoms with Gasteiger partial charge in [-0.1, -0.05) is 42.5 Å². The van der Waals surface area contributed by atoms with Gasteiger partial charge in [-0.15, -0.1) is 4.41 Å². The van der Waals surface area contributed by atoms with Crippen molar-refractivity contribution >= 4 is 35.9 Å². The van der Waals surface area contributed by atoms with Gasteiger partial charge in [-0.2, -0.15) is 0 Å². The fourth-order valence-corrected chi connectivity index (χ4v) is 4.57. The van der Waals surface area contributed by atoms with Gasteiger partial charge in [0.05, 0.1) is 12.6 Å². The predicted molar refractivity (Wildman–Crippen MR) is 168 cm³/mol. The number of carbonyl (C=O) groups excluding carboxylic acids is 4. The lowest BCUT2D eigenvalue weighted by Gasteiger charge is -2.26. The molecule has 0 fully saturated rings. The number of nitrogens with two attached hydrogens (primary N) is 2. The molecule has 8 N–H and O–H groups in total. The minimum absolute atomic E-state index is 0.164. The summed E-state index contributed by atoms with van der Waals surface area (Å²) in [5.41, 5.74) is 15.0. The van der Waals surface area contributed by atoms with Crippen molar-refractivity contribution in [1.29, 1.82) is 0 Å². The fraction of sp³-hybridized carbons (Fsp3) is 0.467. The Balaban J connectivity index is 2.07. The van der Waals surface area contributed by atoms with Crippen LogP contribution in [-0.2, 0) is 32.1 Å². The van der Waals surface area contributed by atoms with Gasteiger partial charge in [-0.3, -0.25) is 19.8 Å². The predicted octanol–water partition coefficient (Wildman–Crippen LogP) is 2.44.